The fraction of sp³-hybridized carbons (Fsp3) is 0.300. The molecule has 0 aliphatic carbocycles. The predicted octanol–water partition coefficient (Wildman–Crippen LogP) is 6.23. The van der Waals surface area contributed by atoms with E-state index in [0.717, 1.165) is 5.56 Å². The first kappa shape index (κ1) is 18.6. The maximum Gasteiger partial charge on any atom is 0.413 e. The van der Waals surface area contributed by atoms with Crippen LogP contribution in [0.4, 0.5) is 13.2 Å². The molecule has 2 aromatic rings. The van der Waals surface area contributed by atoms with Crippen LogP contribution >= 0.6 is 15.9 Å². The largest absolute Gasteiger partial charge is 0.413 e. The van der Waals surface area contributed by atoms with Crippen molar-refractivity contribution in [2.24, 2.45) is 0 Å². The fourth-order valence-corrected chi connectivity index (χ4v) is 2.93. The average molecular weight is 395 g/mol. The first-order valence-corrected chi connectivity index (χ1v) is 8.23. The van der Waals surface area contributed by atoms with Crippen LogP contribution in [0.1, 0.15) is 37.5 Å². The molecular formula is C20H18BrF3. The number of alkyl halides is 3. The summed E-state index contributed by atoms with van der Waals surface area (Å²) in [5.74, 6) is 2.03. The highest BCUT2D eigenvalue weighted by Gasteiger charge is 2.56. The van der Waals surface area contributed by atoms with Crippen LogP contribution in [0.5, 0.6) is 0 Å². The van der Waals surface area contributed by atoms with Crippen LogP contribution in [0.25, 0.3) is 0 Å². The maximum atomic E-state index is 14.0. The highest BCUT2D eigenvalue weighted by molar-refractivity contribution is 9.10. The molecule has 2 rings (SSSR count). The summed E-state index contributed by atoms with van der Waals surface area (Å²) >= 11 is 3.24. The Kier molecular flexibility index (Phi) is 4.88. The SMILES string of the molecule is C#CC(c1ccc(Br)cc1)(c1ccc(C(C)(C)C)cc1)C(F)(F)F. The minimum Gasteiger partial charge on any atom is -0.169 e. The lowest BCUT2D eigenvalue weighted by atomic mass is 9.73. The zero-order valence-electron chi connectivity index (χ0n) is 13.7. The summed E-state index contributed by atoms with van der Waals surface area (Å²) in [6.07, 6.45) is 0.826. The molecule has 0 saturated heterocycles. The molecule has 126 valence electrons. The van der Waals surface area contributed by atoms with Gasteiger partial charge in [0.15, 0.2) is 5.41 Å². The second-order valence-electron chi connectivity index (χ2n) is 6.73. The van der Waals surface area contributed by atoms with Crippen molar-refractivity contribution in [3.8, 4) is 12.3 Å². The minimum absolute atomic E-state index is 0.0317. The van der Waals surface area contributed by atoms with Gasteiger partial charge in [0, 0.05) is 4.47 Å². The normalized spacial score (nSPS) is 14.8. The standard InChI is InChI=1S/C20H18BrF3/c1-5-19(20(22,23)24,16-10-12-17(21)13-11-16)15-8-6-14(7-9-15)18(2,3)4/h1,6-13H,2-4H3. The van der Waals surface area contributed by atoms with Crippen molar-refractivity contribution in [2.75, 3.05) is 0 Å². The van der Waals surface area contributed by atoms with Gasteiger partial charge in [0.05, 0.1) is 0 Å². The average Bonchev–Trinajstić information content (AvgIpc) is 2.48. The molecule has 0 N–H and O–H groups in total. The summed E-state index contributed by atoms with van der Waals surface area (Å²) in [6, 6.07) is 12.3. The Labute approximate surface area is 149 Å². The van der Waals surface area contributed by atoms with Gasteiger partial charge in [-0.25, -0.2) is 0 Å². The summed E-state index contributed by atoms with van der Waals surface area (Å²) in [5, 5.41) is 0. The summed E-state index contributed by atoms with van der Waals surface area (Å²) in [7, 11) is 0. The van der Waals surface area contributed by atoms with Crippen molar-refractivity contribution in [3.05, 3.63) is 69.7 Å². The van der Waals surface area contributed by atoms with Gasteiger partial charge in [0.2, 0.25) is 0 Å². The van der Waals surface area contributed by atoms with Crippen molar-refractivity contribution in [3.63, 3.8) is 0 Å². The molecule has 0 spiro atoms. The number of terminal acetylenes is 1. The second kappa shape index (κ2) is 6.29. The number of hydrogen-bond acceptors (Lipinski definition) is 0. The van der Waals surface area contributed by atoms with Crippen LogP contribution in [-0.2, 0) is 10.8 Å². The van der Waals surface area contributed by atoms with Crippen LogP contribution < -0.4 is 0 Å². The third kappa shape index (κ3) is 3.23. The van der Waals surface area contributed by atoms with Gasteiger partial charge in [-0.2, -0.15) is 13.2 Å². The van der Waals surface area contributed by atoms with E-state index in [0.29, 0.717) is 4.47 Å². The van der Waals surface area contributed by atoms with E-state index in [2.05, 4.69) is 15.9 Å². The van der Waals surface area contributed by atoms with Crippen molar-refractivity contribution in [1.82, 2.24) is 0 Å². The van der Waals surface area contributed by atoms with Gasteiger partial charge in [-0.1, -0.05) is 79.0 Å². The lowest BCUT2D eigenvalue weighted by Gasteiger charge is -2.32. The maximum absolute atomic E-state index is 14.0. The minimum atomic E-state index is -4.61. The molecule has 0 nitrogen and oxygen atoms in total. The molecule has 0 saturated carbocycles. The van der Waals surface area contributed by atoms with Gasteiger partial charge in [-0.05, 0) is 34.2 Å². The summed E-state index contributed by atoms with van der Waals surface area (Å²) in [6.45, 7) is 6.03. The quantitative estimate of drug-likeness (QED) is 0.529. The molecule has 0 fully saturated rings. The van der Waals surface area contributed by atoms with E-state index in [9.17, 15) is 13.2 Å². The van der Waals surface area contributed by atoms with Gasteiger partial charge in [-0.15, -0.1) is 6.42 Å². The number of hydrogen-bond donors (Lipinski definition) is 0. The van der Waals surface area contributed by atoms with E-state index >= 15 is 0 Å². The molecule has 0 heterocycles. The smallest absolute Gasteiger partial charge is 0.169 e. The molecule has 0 bridgehead atoms. The predicted molar refractivity (Wildman–Crippen MR) is 95.0 cm³/mol. The van der Waals surface area contributed by atoms with E-state index in [1.807, 2.05) is 26.7 Å². The monoisotopic (exact) mass is 394 g/mol. The Morgan fingerprint density at radius 3 is 1.50 bits per heavy atom. The van der Waals surface area contributed by atoms with Crippen LogP contribution in [0.2, 0.25) is 0 Å². The molecule has 1 unspecified atom stereocenters. The highest BCUT2D eigenvalue weighted by atomic mass is 79.9. The first-order chi connectivity index (χ1) is 11.0. The molecule has 4 heteroatoms. The topological polar surface area (TPSA) is 0 Å². The van der Waals surface area contributed by atoms with Gasteiger partial charge >= 0.3 is 6.18 Å². The van der Waals surface area contributed by atoms with Crippen molar-refractivity contribution in [1.29, 1.82) is 0 Å². The van der Waals surface area contributed by atoms with Gasteiger partial charge in [-0.3, -0.25) is 0 Å². The summed E-state index contributed by atoms with van der Waals surface area (Å²) < 4.78 is 42.8. The Morgan fingerprint density at radius 1 is 0.792 bits per heavy atom. The van der Waals surface area contributed by atoms with E-state index in [-0.39, 0.29) is 16.5 Å². The van der Waals surface area contributed by atoms with Crippen LogP contribution in [0.3, 0.4) is 0 Å². The third-order valence-corrected chi connectivity index (χ3v) is 4.63. The number of rotatable bonds is 2. The molecular weight excluding hydrogens is 377 g/mol. The highest BCUT2D eigenvalue weighted by Crippen LogP contribution is 2.46. The second-order valence-corrected chi connectivity index (χ2v) is 7.64. The fourth-order valence-electron chi connectivity index (χ4n) is 2.66. The molecule has 1 atom stereocenters. The van der Waals surface area contributed by atoms with Crippen molar-refractivity contribution >= 4 is 15.9 Å². The lowest BCUT2D eigenvalue weighted by Crippen LogP contribution is -2.42. The van der Waals surface area contributed by atoms with Gasteiger partial charge < -0.3 is 0 Å². The van der Waals surface area contributed by atoms with E-state index in [1.165, 1.54) is 24.3 Å². The summed E-state index contributed by atoms with van der Waals surface area (Å²) in [5.41, 5.74) is -1.58. The molecule has 0 amide bonds. The Balaban J connectivity index is 2.68. The Hall–Kier alpha value is -1.73. The van der Waals surface area contributed by atoms with Crippen LogP contribution in [0.15, 0.2) is 53.0 Å². The van der Waals surface area contributed by atoms with E-state index < -0.39 is 11.6 Å². The molecule has 0 aliphatic rings. The zero-order chi connectivity index (χ0) is 18.2. The first-order valence-electron chi connectivity index (χ1n) is 7.44. The summed E-state index contributed by atoms with van der Waals surface area (Å²) in [4.78, 5) is 0. The Morgan fingerprint density at radius 2 is 1.17 bits per heavy atom. The molecule has 0 radical (unpaired) electrons. The lowest BCUT2D eigenvalue weighted by molar-refractivity contribution is -0.161. The molecule has 0 aliphatic heterocycles. The van der Waals surface area contributed by atoms with E-state index in [1.54, 1.807) is 24.3 Å². The number of halogens is 4. The van der Waals surface area contributed by atoms with Crippen molar-refractivity contribution in [2.45, 2.75) is 37.8 Å². The van der Waals surface area contributed by atoms with Gasteiger partial charge in [0.25, 0.3) is 0 Å². The van der Waals surface area contributed by atoms with E-state index in [4.69, 9.17) is 6.42 Å². The van der Waals surface area contributed by atoms with Crippen LogP contribution in [0, 0.1) is 12.3 Å². The molecule has 0 aromatic heterocycles. The van der Waals surface area contributed by atoms with Gasteiger partial charge in [0.1, 0.15) is 0 Å². The third-order valence-electron chi connectivity index (χ3n) is 4.10. The zero-order valence-corrected chi connectivity index (χ0v) is 15.3. The Bertz CT molecular complexity index is 744. The molecule has 2 aromatic carbocycles. The molecule has 24 heavy (non-hydrogen) atoms. The van der Waals surface area contributed by atoms with Crippen LogP contribution in [-0.4, -0.2) is 6.18 Å². The number of benzene rings is 2. The van der Waals surface area contributed by atoms with Crippen molar-refractivity contribution < 1.29 is 13.2 Å².